The molecule has 0 radical (unpaired) electrons. The summed E-state index contributed by atoms with van der Waals surface area (Å²) < 4.78 is 13.5. The molecule has 0 saturated carbocycles. The van der Waals surface area contributed by atoms with E-state index < -0.39 is 0 Å². The fourth-order valence-electron chi connectivity index (χ4n) is 4.72. The lowest BCUT2D eigenvalue weighted by atomic mass is 10.1. The lowest BCUT2D eigenvalue weighted by molar-refractivity contribution is 0.0954. The number of nitrogens with one attached hydrogen (secondary N) is 3. The van der Waals surface area contributed by atoms with Crippen LogP contribution in [0.2, 0.25) is 5.02 Å². The number of anilines is 3. The number of nitrogens with zero attached hydrogens (tertiary/aromatic N) is 2. The number of hydrogen-bond donors (Lipinski definition) is 3. The van der Waals surface area contributed by atoms with E-state index in [1.807, 2.05) is 55.1 Å². The van der Waals surface area contributed by atoms with Gasteiger partial charge in [-0.2, -0.15) is 0 Å². The zero-order valence-electron chi connectivity index (χ0n) is 22.4. The van der Waals surface area contributed by atoms with Gasteiger partial charge in [-0.15, -0.1) is 0 Å². The van der Waals surface area contributed by atoms with Crippen LogP contribution in [0, 0.1) is 12.7 Å². The lowest BCUT2D eigenvalue weighted by Crippen LogP contribution is -2.42. The van der Waals surface area contributed by atoms with E-state index in [2.05, 4.69) is 20.9 Å². The van der Waals surface area contributed by atoms with Crippen molar-refractivity contribution in [1.82, 2.24) is 15.5 Å². The molecule has 206 valence electrons. The van der Waals surface area contributed by atoms with Crippen LogP contribution in [0.4, 0.5) is 26.2 Å². The average Bonchev–Trinajstić information content (AvgIpc) is 3.18. The Kier molecular flexibility index (Phi) is 9.65. The Labute approximate surface area is 234 Å². The third kappa shape index (κ3) is 7.63. The van der Waals surface area contributed by atoms with Crippen molar-refractivity contribution in [1.29, 1.82) is 0 Å². The number of hydrogen-bond acceptors (Lipinski definition) is 4. The maximum Gasteiger partial charge on any atom is 0.317 e. The Hall–Kier alpha value is -3.78. The number of aryl methyl sites for hydroxylation is 1. The quantitative estimate of drug-likeness (QED) is 0.333. The Morgan fingerprint density at radius 2 is 1.74 bits per heavy atom. The van der Waals surface area contributed by atoms with Crippen molar-refractivity contribution in [3.63, 3.8) is 0 Å². The third-order valence-corrected chi connectivity index (χ3v) is 7.05. The molecular formula is C30H35ClFN5O2. The molecule has 1 aliphatic rings. The fraction of sp³-hybridized carbons (Fsp3) is 0.333. The van der Waals surface area contributed by atoms with Gasteiger partial charge in [0, 0.05) is 55.5 Å². The van der Waals surface area contributed by atoms with Gasteiger partial charge in [-0.3, -0.25) is 4.79 Å². The summed E-state index contributed by atoms with van der Waals surface area (Å²) in [5.41, 5.74) is 5.13. The van der Waals surface area contributed by atoms with Gasteiger partial charge in [0.05, 0.1) is 11.4 Å². The Balaban J connectivity index is 1.51. The lowest BCUT2D eigenvalue weighted by Gasteiger charge is -2.27. The highest BCUT2D eigenvalue weighted by Crippen LogP contribution is 2.31. The molecule has 7 nitrogen and oxygen atoms in total. The number of benzene rings is 3. The first-order chi connectivity index (χ1) is 18.8. The molecule has 1 aliphatic heterocycles. The Morgan fingerprint density at radius 1 is 0.949 bits per heavy atom. The average molecular weight is 552 g/mol. The SMILES string of the molecule is CCNC(=O)N1CCCN(c2ccc(C(=O)NCCc3ccc(Cl)cc3C)cc2Nc2ccc(F)cc2)CC1. The summed E-state index contributed by atoms with van der Waals surface area (Å²) in [4.78, 5) is 29.5. The molecule has 1 saturated heterocycles. The second-order valence-electron chi connectivity index (χ2n) is 9.60. The number of urea groups is 1. The van der Waals surface area contributed by atoms with E-state index in [1.165, 1.54) is 12.1 Å². The monoisotopic (exact) mass is 551 g/mol. The summed E-state index contributed by atoms with van der Waals surface area (Å²) in [5.74, 6) is -0.489. The zero-order chi connectivity index (χ0) is 27.8. The molecule has 4 rings (SSSR count). The number of carbonyl (C=O) groups is 2. The van der Waals surface area contributed by atoms with Gasteiger partial charge in [-0.1, -0.05) is 17.7 Å². The molecule has 0 aliphatic carbocycles. The second-order valence-corrected chi connectivity index (χ2v) is 10.0. The first kappa shape index (κ1) is 28.2. The van der Waals surface area contributed by atoms with E-state index in [4.69, 9.17) is 11.6 Å². The van der Waals surface area contributed by atoms with Gasteiger partial charge in [0.25, 0.3) is 5.91 Å². The number of carbonyl (C=O) groups excluding carboxylic acids is 2. The molecule has 3 aromatic carbocycles. The molecule has 0 unspecified atom stereocenters. The minimum absolute atomic E-state index is 0.0511. The van der Waals surface area contributed by atoms with Gasteiger partial charge in [-0.25, -0.2) is 9.18 Å². The zero-order valence-corrected chi connectivity index (χ0v) is 23.2. The molecule has 1 heterocycles. The molecule has 0 bridgehead atoms. The number of halogens is 2. The fourth-order valence-corrected chi connectivity index (χ4v) is 4.95. The summed E-state index contributed by atoms with van der Waals surface area (Å²) in [6.07, 6.45) is 1.52. The number of amides is 3. The maximum atomic E-state index is 13.5. The summed E-state index contributed by atoms with van der Waals surface area (Å²) in [6.45, 7) is 7.69. The van der Waals surface area contributed by atoms with Crippen LogP contribution >= 0.6 is 11.6 Å². The van der Waals surface area contributed by atoms with Gasteiger partial charge in [-0.05, 0) is 92.4 Å². The maximum absolute atomic E-state index is 13.5. The largest absolute Gasteiger partial charge is 0.368 e. The van der Waals surface area contributed by atoms with Gasteiger partial charge < -0.3 is 25.8 Å². The number of rotatable bonds is 8. The van der Waals surface area contributed by atoms with Crippen molar-refractivity contribution < 1.29 is 14.0 Å². The highest BCUT2D eigenvalue weighted by atomic mass is 35.5. The van der Waals surface area contributed by atoms with E-state index in [1.54, 1.807) is 12.1 Å². The highest BCUT2D eigenvalue weighted by Gasteiger charge is 2.21. The predicted octanol–water partition coefficient (Wildman–Crippen LogP) is 5.75. The third-order valence-electron chi connectivity index (χ3n) is 6.82. The molecule has 0 aromatic heterocycles. The predicted molar refractivity (Wildman–Crippen MR) is 156 cm³/mol. The van der Waals surface area contributed by atoms with Crippen molar-refractivity contribution in [2.24, 2.45) is 0 Å². The Morgan fingerprint density at radius 3 is 2.49 bits per heavy atom. The molecule has 3 amide bonds. The van der Waals surface area contributed by atoms with Crippen molar-refractivity contribution in [2.45, 2.75) is 26.7 Å². The summed E-state index contributed by atoms with van der Waals surface area (Å²) in [6, 6.07) is 17.4. The molecule has 9 heteroatoms. The summed E-state index contributed by atoms with van der Waals surface area (Å²) in [5, 5.41) is 9.95. The van der Waals surface area contributed by atoms with E-state index in [0.29, 0.717) is 55.4 Å². The normalized spacial score (nSPS) is 13.5. The van der Waals surface area contributed by atoms with Crippen molar-refractivity contribution >= 4 is 40.6 Å². The first-order valence-corrected chi connectivity index (χ1v) is 13.7. The van der Waals surface area contributed by atoms with Crippen LogP contribution in [0.15, 0.2) is 60.7 Å². The van der Waals surface area contributed by atoms with Crippen LogP contribution in [0.1, 0.15) is 34.8 Å². The van der Waals surface area contributed by atoms with Gasteiger partial charge in [0.15, 0.2) is 0 Å². The van der Waals surface area contributed by atoms with Gasteiger partial charge >= 0.3 is 6.03 Å². The van der Waals surface area contributed by atoms with E-state index in [0.717, 1.165) is 35.5 Å². The minimum atomic E-state index is -0.317. The van der Waals surface area contributed by atoms with E-state index in [-0.39, 0.29) is 17.8 Å². The molecule has 3 N–H and O–H groups in total. The van der Waals surface area contributed by atoms with Gasteiger partial charge in [0.2, 0.25) is 0 Å². The Bertz CT molecular complexity index is 1300. The van der Waals surface area contributed by atoms with Gasteiger partial charge in [0.1, 0.15) is 5.82 Å². The van der Waals surface area contributed by atoms with E-state index >= 15 is 0 Å². The topological polar surface area (TPSA) is 76.7 Å². The van der Waals surface area contributed by atoms with Crippen LogP contribution < -0.4 is 20.9 Å². The van der Waals surface area contributed by atoms with Crippen molar-refractivity contribution in [3.8, 4) is 0 Å². The summed E-state index contributed by atoms with van der Waals surface area (Å²) in [7, 11) is 0. The molecule has 3 aromatic rings. The highest BCUT2D eigenvalue weighted by molar-refractivity contribution is 6.30. The molecule has 1 fully saturated rings. The molecular weight excluding hydrogens is 517 g/mol. The molecule has 0 atom stereocenters. The van der Waals surface area contributed by atoms with E-state index in [9.17, 15) is 14.0 Å². The van der Waals surface area contributed by atoms with Crippen LogP contribution in [0.25, 0.3) is 0 Å². The van der Waals surface area contributed by atoms with Crippen LogP contribution in [-0.2, 0) is 6.42 Å². The first-order valence-electron chi connectivity index (χ1n) is 13.3. The van der Waals surface area contributed by atoms with Crippen molar-refractivity contribution in [3.05, 3.63) is 88.2 Å². The molecule has 39 heavy (non-hydrogen) atoms. The second kappa shape index (κ2) is 13.3. The smallest absolute Gasteiger partial charge is 0.317 e. The molecule has 0 spiro atoms. The van der Waals surface area contributed by atoms with Crippen molar-refractivity contribution in [2.75, 3.05) is 49.5 Å². The van der Waals surface area contributed by atoms with Crippen LogP contribution in [-0.4, -0.2) is 56.1 Å². The van der Waals surface area contributed by atoms with Crippen LogP contribution in [0.3, 0.4) is 0 Å². The minimum Gasteiger partial charge on any atom is -0.368 e. The standard InChI is InChI=1S/C30H35ClFN5O2/c1-3-33-30(39)37-16-4-15-36(17-18-37)28-12-6-23(20-27(28)35-26-10-8-25(32)9-11-26)29(38)34-14-13-22-5-7-24(31)19-21(22)2/h5-12,19-20,35H,3-4,13-18H2,1-2H3,(H,33,39)(H,34,38). The van der Waals surface area contributed by atoms with Crippen LogP contribution in [0.5, 0.6) is 0 Å². The summed E-state index contributed by atoms with van der Waals surface area (Å²) >= 11 is 6.06.